The van der Waals surface area contributed by atoms with Gasteiger partial charge in [0.1, 0.15) is 5.01 Å². The molecule has 0 fully saturated rings. The number of carbonyl (C=O) groups excluding carboxylic acids is 1. The van der Waals surface area contributed by atoms with Gasteiger partial charge in [0.25, 0.3) is 5.91 Å². The molecule has 1 N–H and O–H groups in total. The van der Waals surface area contributed by atoms with Crippen molar-refractivity contribution >= 4 is 22.4 Å². The summed E-state index contributed by atoms with van der Waals surface area (Å²) in [5.41, 5.74) is 2.58. The topological polar surface area (TPSA) is 72.7 Å². The molecule has 136 valence electrons. The third kappa shape index (κ3) is 4.54. The SMILES string of the molecule is CCCCCc1nnc(NC(=O)c2cnn(C)c2Cc2ccccc2)s1. The highest BCUT2D eigenvalue weighted by molar-refractivity contribution is 7.15. The van der Waals surface area contributed by atoms with Gasteiger partial charge in [-0.2, -0.15) is 5.10 Å². The van der Waals surface area contributed by atoms with Crippen LogP contribution in [0.15, 0.2) is 36.5 Å². The van der Waals surface area contributed by atoms with Gasteiger partial charge in [0, 0.05) is 19.9 Å². The minimum Gasteiger partial charge on any atom is -0.296 e. The number of hydrogen-bond acceptors (Lipinski definition) is 5. The van der Waals surface area contributed by atoms with Gasteiger partial charge in [-0.15, -0.1) is 10.2 Å². The van der Waals surface area contributed by atoms with E-state index in [1.807, 2.05) is 37.4 Å². The number of rotatable bonds is 8. The van der Waals surface area contributed by atoms with Crippen molar-refractivity contribution in [2.45, 2.75) is 39.0 Å². The molecule has 7 heteroatoms. The summed E-state index contributed by atoms with van der Waals surface area (Å²) < 4.78 is 1.75. The van der Waals surface area contributed by atoms with E-state index in [-0.39, 0.29) is 5.91 Å². The fraction of sp³-hybridized carbons (Fsp3) is 0.368. The highest BCUT2D eigenvalue weighted by Gasteiger charge is 2.18. The molecule has 3 rings (SSSR count). The second-order valence-corrected chi connectivity index (χ2v) is 7.27. The molecule has 6 nitrogen and oxygen atoms in total. The number of anilines is 1. The van der Waals surface area contributed by atoms with Crippen LogP contribution < -0.4 is 5.32 Å². The third-order valence-corrected chi connectivity index (χ3v) is 5.10. The summed E-state index contributed by atoms with van der Waals surface area (Å²) in [4.78, 5) is 12.7. The average molecular weight is 369 g/mol. The molecule has 1 amide bonds. The molecule has 0 spiro atoms. The lowest BCUT2D eigenvalue weighted by molar-refractivity contribution is 0.102. The summed E-state index contributed by atoms with van der Waals surface area (Å²) in [6, 6.07) is 10.1. The molecule has 0 aliphatic heterocycles. The van der Waals surface area contributed by atoms with E-state index in [2.05, 4.69) is 27.5 Å². The van der Waals surface area contributed by atoms with Gasteiger partial charge >= 0.3 is 0 Å². The van der Waals surface area contributed by atoms with Crippen LogP contribution in [-0.2, 0) is 19.9 Å². The second-order valence-electron chi connectivity index (χ2n) is 6.20. The van der Waals surface area contributed by atoms with E-state index < -0.39 is 0 Å². The van der Waals surface area contributed by atoms with Gasteiger partial charge in [0.2, 0.25) is 5.13 Å². The zero-order valence-electron chi connectivity index (χ0n) is 15.1. The summed E-state index contributed by atoms with van der Waals surface area (Å²) in [7, 11) is 1.85. The maximum absolute atomic E-state index is 12.7. The number of carbonyl (C=O) groups is 1. The van der Waals surface area contributed by atoms with Crippen LogP contribution in [0.25, 0.3) is 0 Å². The molecule has 3 aromatic rings. The number of aryl methyl sites for hydroxylation is 2. The summed E-state index contributed by atoms with van der Waals surface area (Å²) >= 11 is 1.44. The first-order valence-electron chi connectivity index (χ1n) is 8.86. The lowest BCUT2D eigenvalue weighted by Gasteiger charge is -2.06. The third-order valence-electron chi connectivity index (χ3n) is 4.20. The smallest absolute Gasteiger partial charge is 0.260 e. The van der Waals surface area contributed by atoms with Crippen LogP contribution in [0.5, 0.6) is 0 Å². The minimum absolute atomic E-state index is 0.194. The van der Waals surface area contributed by atoms with Gasteiger partial charge in [0.05, 0.1) is 17.5 Å². The summed E-state index contributed by atoms with van der Waals surface area (Å²) in [6.07, 6.45) is 6.62. The number of amides is 1. The molecule has 0 unspecified atom stereocenters. The standard InChI is InChI=1S/C19H23N5OS/c1-3-4-6-11-17-22-23-19(26-17)21-18(25)15-13-20-24(2)16(15)12-14-9-7-5-8-10-14/h5,7-10,13H,3-4,6,11-12H2,1-2H3,(H,21,23,25). The molecule has 0 bridgehead atoms. The predicted molar refractivity (Wildman–Crippen MR) is 104 cm³/mol. The van der Waals surface area contributed by atoms with Crippen molar-refractivity contribution in [2.24, 2.45) is 7.05 Å². The van der Waals surface area contributed by atoms with E-state index in [9.17, 15) is 4.79 Å². The Labute approximate surface area is 157 Å². The van der Waals surface area contributed by atoms with Gasteiger partial charge in [-0.3, -0.25) is 14.8 Å². The highest BCUT2D eigenvalue weighted by atomic mass is 32.1. The van der Waals surface area contributed by atoms with Crippen LogP contribution in [0.3, 0.4) is 0 Å². The Bertz CT molecular complexity index is 856. The van der Waals surface area contributed by atoms with Crippen LogP contribution in [0.4, 0.5) is 5.13 Å². The van der Waals surface area contributed by atoms with Gasteiger partial charge in [0.15, 0.2) is 0 Å². The summed E-state index contributed by atoms with van der Waals surface area (Å²) in [6.45, 7) is 2.17. The van der Waals surface area contributed by atoms with Crippen LogP contribution in [-0.4, -0.2) is 25.9 Å². The van der Waals surface area contributed by atoms with E-state index in [1.165, 1.54) is 24.2 Å². The minimum atomic E-state index is -0.194. The van der Waals surface area contributed by atoms with Crippen molar-refractivity contribution in [3.63, 3.8) is 0 Å². The Hall–Kier alpha value is -2.54. The van der Waals surface area contributed by atoms with Gasteiger partial charge < -0.3 is 0 Å². The predicted octanol–water partition coefficient (Wildman–Crippen LogP) is 3.85. The van der Waals surface area contributed by atoms with Gasteiger partial charge in [-0.1, -0.05) is 61.4 Å². The maximum Gasteiger partial charge on any atom is 0.260 e. The molecule has 0 aliphatic carbocycles. The molecule has 2 heterocycles. The van der Waals surface area contributed by atoms with Crippen LogP contribution in [0.2, 0.25) is 0 Å². The molecule has 26 heavy (non-hydrogen) atoms. The Kier molecular flexibility index (Phi) is 6.12. The van der Waals surface area contributed by atoms with Crippen molar-refractivity contribution in [3.8, 4) is 0 Å². The fourth-order valence-corrected chi connectivity index (χ4v) is 3.52. The van der Waals surface area contributed by atoms with E-state index in [0.29, 0.717) is 17.1 Å². The van der Waals surface area contributed by atoms with Crippen LogP contribution in [0, 0.1) is 0 Å². The van der Waals surface area contributed by atoms with E-state index >= 15 is 0 Å². The molecule has 1 aromatic carbocycles. The summed E-state index contributed by atoms with van der Waals surface area (Å²) in [5, 5.41) is 16.9. The summed E-state index contributed by atoms with van der Waals surface area (Å²) in [5.74, 6) is -0.194. The van der Waals surface area contributed by atoms with Gasteiger partial charge in [-0.25, -0.2) is 0 Å². The van der Waals surface area contributed by atoms with Crippen molar-refractivity contribution < 1.29 is 4.79 Å². The lowest BCUT2D eigenvalue weighted by atomic mass is 10.1. The van der Waals surface area contributed by atoms with Gasteiger partial charge in [-0.05, 0) is 12.0 Å². The molecule has 0 saturated carbocycles. The maximum atomic E-state index is 12.7. The average Bonchev–Trinajstić information content (AvgIpc) is 3.23. The zero-order valence-corrected chi connectivity index (χ0v) is 15.9. The lowest BCUT2D eigenvalue weighted by Crippen LogP contribution is -2.14. The Morgan fingerprint density at radius 3 is 2.77 bits per heavy atom. The Morgan fingerprint density at radius 1 is 1.19 bits per heavy atom. The Balaban J connectivity index is 1.69. The molecule has 0 atom stereocenters. The monoisotopic (exact) mass is 369 g/mol. The van der Waals surface area contributed by atoms with Crippen molar-refractivity contribution in [1.29, 1.82) is 0 Å². The van der Waals surface area contributed by atoms with Crippen molar-refractivity contribution in [3.05, 3.63) is 58.4 Å². The van der Waals surface area contributed by atoms with Crippen LogP contribution >= 0.6 is 11.3 Å². The Morgan fingerprint density at radius 2 is 2.00 bits per heavy atom. The van der Waals surface area contributed by atoms with Crippen LogP contribution in [0.1, 0.15) is 52.8 Å². The van der Waals surface area contributed by atoms with E-state index in [0.717, 1.165) is 29.1 Å². The largest absolute Gasteiger partial charge is 0.296 e. The zero-order chi connectivity index (χ0) is 18.4. The quantitative estimate of drug-likeness (QED) is 0.612. The number of aromatic nitrogens is 4. The molecular weight excluding hydrogens is 346 g/mol. The second kappa shape index (κ2) is 8.71. The fourth-order valence-electron chi connectivity index (χ4n) is 2.75. The van der Waals surface area contributed by atoms with Crippen molar-refractivity contribution in [2.75, 3.05) is 5.32 Å². The highest BCUT2D eigenvalue weighted by Crippen LogP contribution is 2.20. The molecule has 2 aromatic heterocycles. The number of unbranched alkanes of at least 4 members (excludes halogenated alkanes) is 2. The van der Waals surface area contributed by atoms with E-state index in [4.69, 9.17) is 0 Å². The number of nitrogens with one attached hydrogen (secondary N) is 1. The normalized spacial score (nSPS) is 10.8. The first kappa shape index (κ1) is 18.3. The number of benzene rings is 1. The molecule has 0 radical (unpaired) electrons. The molecular formula is C19H23N5OS. The molecule has 0 saturated heterocycles. The number of hydrogen-bond donors (Lipinski definition) is 1. The number of nitrogens with zero attached hydrogens (tertiary/aromatic N) is 4. The molecule has 0 aliphatic rings. The first-order valence-corrected chi connectivity index (χ1v) is 9.67. The van der Waals surface area contributed by atoms with Crippen molar-refractivity contribution in [1.82, 2.24) is 20.0 Å². The first-order chi connectivity index (χ1) is 12.7. The van der Waals surface area contributed by atoms with E-state index in [1.54, 1.807) is 10.9 Å².